The third-order valence-corrected chi connectivity index (χ3v) is 7.87. The first kappa shape index (κ1) is 26.4. The van der Waals surface area contributed by atoms with Crippen LogP contribution in [0.4, 0.5) is 10.1 Å². The van der Waals surface area contributed by atoms with Gasteiger partial charge in [0.25, 0.3) is 0 Å². The largest absolute Gasteiger partial charge is 0.437 e. The normalized spacial score (nSPS) is 15.8. The Morgan fingerprint density at radius 2 is 1.95 bits per heavy atom. The van der Waals surface area contributed by atoms with Crippen LogP contribution in [0.25, 0.3) is 16.9 Å². The number of piperidine rings is 1. The molecule has 0 atom stereocenters. The van der Waals surface area contributed by atoms with Crippen LogP contribution in [0.15, 0.2) is 54.7 Å². The second kappa shape index (κ2) is 11.8. The van der Waals surface area contributed by atoms with Gasteiger partial charge in [0.1, 0.15) is 11.6 Å². The van der Waals surface area contributed by atoms with Crippen molar-refractivity contribution in [3.05, 3.63) is 71.7 Å². The number of nitrogens with zero attached hydrogens (tertiary/aromatic N) is 4. The van der Waals surface area contributed by atoms with Crippen molar-refractivity contribution < 1.29 is 13.9 Å². The highest BCUT2D eigenvalue weighted by atomic mass is 19.1. The summed E-state index contributed by atoms with van der Waals surface area (Å²) in [6.45, 7) is 6.19. The summed E-state index contributed by atoms with van der Waals surface area (Å²) in [5.74, 6) is 1.11. The Kier molecular flexibility index (Phi) is 7.77. The molecular weight excluding hydrogens is 505 g/mol. The number of hydrogen-bond acceptors (Lipinski definition) is 6. The average molecular weight is 542 g/mol. The van der Waals surface area contributed by atoms with Gasteiger partial charge in [0.2, 0.25) is 5.88 Å². The number of likely N-dealkylation sites (tertiary alicyclic amines) is 1. The number of ether oxygens (including phenoxy) is 1. The fraction of sp³-hybridized carbons (Fsp3) is 0.406. The van der Waals surface area contributed by atoms with E-state index in [-0.39, 0.29) is 11.6 Å². The molecule has 0 bridgehead atoms. The van der Waals surface area contributed by atoms with Gasteiger partial charge in [-0.2, -0.15) is 0 Å². The molecule has 208 valence electrons. The van der Waals surface area contributed by atoms with Gasteiger partial charge >= 0.3 is 0 Å². The lowest BCUT2D eigenvalue weighted by atomic mass is 9.98. The summed E-state index contributed by atoms with van der Waals surface area (Å²) in [5, 5.41) is 8.27. The summed E-state index contributed by atoms with van der Waals surface area (Å²) in [7, 11) is 0. The number of fused-ring (bicyclic) bond motifs is 1. The van der Waals surface area contributed by atoms with E-state index in [9.17, 15) is 9.18 Å². The van der Waals surface area contributed by atoms with Crippen LogP contribution in [0.1, 0.15) is 60.9 Å². The van der Waals surface area contributed by atoms with Crippen molar-refractivity contribution in [2.45, 2.75) is 51.9 Å². The lowest BCUT2D eigenvalue weighted by molar-refractivity contribution is 0.0975. The summed E-state index contributed by atoms with van der Waals surface area (Å²) in [4.78, 5) is 20.0. The Morgan fingerprint density at radius 3 is 2.73 bits per heavy atom. The Balaban J connectivity index is 1.28. The van der Waals surface area contributed by atoms with Crippen LogP contribution < -0.4 is 10.1 Å². The molecule has 2 aromatic heterocycles. The Hall–Kier alpha value is -3.78. The lowest BCUT2D eigenvalue weighted by Gasteiger charge is -2.26. The zero-order chi connectivity index (χ0) is 27.5. The predicted molar refractivity (Wildman–Crippen MR) is 155 cm³/mol. The zero-order valence-corrected chi connectivity index (χ0v) is 23.0. The number of hydrogen-bond donors (Lipinski definition) is 1. The molecule has 8 heteroatoms. The standard InChI is InChI=1S/C32H36FN5O2/c1-22-17-24(11-12-27(22)30(39)18-23-9-10-23)29-21-35-32-28(34-13-6-16-37-14-3-2-4-15-37)20-31(36-38(29)32)40-26-8-5-7-25(33)19-26/h5,7-8,11-12,17,19-21,23,34H,2-4,6,9-10,13-16,18H2,1H3. The first-order valence-electron chi connectivity index (χ1n) is 14.5. The van der Waals surface area contributed by atoms with Crippen molar-refractivity contribution in [2.75, 3.05) is 31.5 Å². The summed E-state index contributed by atoms with van der Waals surface area (Å²) in [6, 6.07) is 13.8. The van der Waals surface area contributed by atoms with Crippen LogP contribution in [-0.2, 0) is 0 Å². The third kappa shape index (κ3) is 6.17. The minimum atomic E-state index is -0.371. The highest BCUT2D eigenvalue weighted by Gasteiger charge is 2.25. The number of Topliss-reactive ketones (excluding diaryl/α,β-unsaturated/α-hetero) is 1. The summed E-state index contributed by atoms with van der Waals surface area (Å²) >= 11 is 0. The molecule has 6 rings (SSSR count). The minimum Gasteiger partial charge on any atom is -0.437 e. The molecule has 0 unspecified atom stereocenters. The van der Waals surface area contributed by atoms with E-state index in [1.54, 1.807) is 22.8 Å². The van der Waals surface area contributed by atoms with E-state index >= 15 is 0 Å². The van der Waals surface area contributed by atoms with E-state index in [1.807, 2.05) is 31.2 Å². The molecule has 4 aromatic rings. The first-order valence-corrected chi connectivity index (χ1v) is 14.5. The number of rotatable bonds is 11. The van der Waals surface area contributed by atoms with Gasteiger partial charge in [-0.1, -0.05) is 24.6 Å². The molecule has 1 aliphatic heterocycles. The number of carbonyl (C=O) groups excluding carboxylic acids is 1. The number of carbonyl (C=O) groups is 1. The van der Waals surface area contributed by atoms with E-state index in [2.05, 4.69) is 10.2 Å². The van der Waals surface area contributed by atoms with Crippen LogP contribution in [-0.4, -0.2) is 51.5 Å². The monoisotopic (exact) mass is 541 g/mol. The van der Waals surface area contributed by atoms with E-state index < -0.39 is 0 Å². The molecule has 1 saturated carbocycles. The first-order chi connectivity index (χ1) is 19.5. The topological polar surface area (TPSA) is 71.8 Å². The second-order valence-electron chi connectivity index (χ2n) is 11.1. The highest BCUT2D eigenvalue weighted by molar-refractivity contribution is 5.98. The smallest absolute Gasteiger partial charge is 0.239 e. The number of anilines is 1. The number of ketones is 1. The van der Waals surface area contributed by atoms with Crippen molar-refractivity contribution in [1.82, 2.24) is 19.5 Å². The maximum absolute atomic E-state index is 13.8. The number of nitrogens with one attached hydrogen (secondary N) is 1. The summed E-state index contributed by atoms with van der Waals surface area (Å²) in [5.41, 5.74) is 4.93. The molecule has 2 fully saturated rings. The molecule has 40 heavy (non-hydrogen) atoms. The Bertz CT molecular complexity index is 1510. The summed E-state index contributed by atoms with van der Waals surface area (Å²) in [6.07, 6.45) is 9.65. The molecule has 3 heterocycles. The maximum atomic E-state index is 13.8. The minimum absolute atomic E-state index is 0.213. The fourth-order valence-electron chi connectivity index (χ4n) is 5.51. The fourth-order valence-corrected chi connectivity index (χ4v) is 5.51. The van der Waals surface area contributed by atoms with Crippen molar-refractivity contribution in [3.8, 4) is 22.9 Å². The van der Waals surface area contributed by atoms with Crippen molar-refractivity contribution >= 4 is 17.1 Å². The number of aromatic nitrogens is 3. The predicted octanol–water partition coefficient (Wildman–Crippen LogP) is 6.91. The maximum Gasteiger partial charge on any atom is 0.239 e. The second-order valence-corrected chi connectivity index (χ2v) is 11.1. The van der Waals surface area contributed by atoms with Gasteiger partial charge < -0.3 is 15.0 Å². The van der Waals surface area contributed by atoms with Crippen molar-refractivity contribution in [3.63, 3.8) is 0 Å². The molecule has 2 aromatic carbocycles. The van der Waals surface area contributed by atoms with E-state index in [0.29, 0.717) is 29.6 Å². The molecule has 0 spiro atoms. The van der Waals surface area contributed by atoms with Gasteiger partial charge in [0.15, 0.2) is 11.4 Å². The van der Waals surface area contributed by atoms with Gasteiger partial charge in [-0.25, -0.2) is 13.9 Å². The van der Waals surface area contributed by atoms with E-state index in [4.69, 9.17) is 14.8 Å². The number of halogens is 1. The summed E-state index contributed by atoms with van der Waals surface area (Å²) < 4.78 is 21.6. The van der Waals surface area contributed by atoms with Crippen LogP contribution >= 0.6 is 0 Å². The molecule has 2 aliphatic rings. The van der Waals surface area contributed by atoms with Gasteiger partial charge in [0.05, 0.1) is 17.6 Å². The van der Waals surface area contributed by atoms with E-state index in [1.165, 1.54) is 44.5 Å². The Morgan fingerprint density at radius 1 is 1.10 bits per heavy atom. The van der Waals surface area contributed by atoms with Crippen LogP contribution in [0, 0.1) is 18.7 Å². The van der Waals surface area contributed by atoms with Gasteiger partial charge in [-0.05, 0) is 88.3 Å². The van der Waals surface area contributed by atoms with Crippen molar-refractivity contribution in [1.29, 1.82) is 0 Å². The number of aryl methyl sites for hydroxylation is 1. The van der Waals surface area contributed by atoms with Gasteiger partial charge in [0, 0.05) is 36.2 Å². The van der Waals surface area contributed by atoms with Crippen LogP contribution in [0.3, 0.4) is 0 Å². The number of benzene rings is 2. The third-order valence-electron chi connectivity index (χ3n) is 7.87. The van der Waals surface area contributed by atoms with Crippen LogP contribution in [0.2, 0.25) is 0 Å². The van der Waals surface area contributed by atoms with Gasteiger partial charge in [-0.15, -0.1) is 5.10 Å². The molecule has 1 saturated heterocycles. The molecule has 7 nitrogen and oxygen atoms in total. The molecule has 1 N–H and O–H groups in total. The average Bonchev–Trinajstić information content (AvgIpc) is 3.66. The zero-order valence-electron chi connectivity index (χ0n) is 23.0. The highest BCUT2D eigenvalue weighted by Crippen LogP contribution is 2.35. The van der Waals surface area contributed by atoms with Gasteiger partial charge in [-0.3, -0.25) is 4.79 Å². The molecule has 0 amide bonds. The molecule has 1 aliphatic carbocycles. The number of imidazole rings is 1. The Labute approximate surface area is 234 Å². The molecule has 0 radical (unpaired) electrons. The van der Waals surface area contributed by atoms with Crippen LogP contribution in [0.5, 0.6) is 11.6 Å². The SMILES string of the molecule is Cc1cc(-c2cnc3c(NCCCN4CCCCC4)cc(Oc4cccc(F)c4)nn23)ccc1C(=O)CC1CC1. The van der Waals surface area contributed by atoms with E-state index in [0.717, 1.165) is 60.4 Å². The lowest BCUT2D eigenvalue weighted by Crippen LogP contribution is -2.31. The quantitative estimate of drug-likeness (QED) is 0.164. The molecular formula is C32H36FN5O2. The van der Waals surface area contributed by atoms with Crippen molar-refractivity contribution in [2.24, 2.45) is 5.92 Å².